The van der Waals surface area contributed by atoms with Gasteiger partial charge in [0.2, 0.25) is 0 Å². The molecule has 268 valence electrons. The lowest BCUT2D eigenvalue weighted by atomic mass is 9.82. The molecular weight excluding hydrogens is 699 g/mol. The van der Waals surface area contributed by atoms with E-state index in [0.29, 0.717) is 84.6 Å². The Morgan fingerprint density at radius 1 is 0.558 bits per heavy atom. The average Bonchev–Trinajstić information content (AvgIpc) is 3.86. The number of thiophene rings is 1. The van der Waals surface area contributed by atoms with Gasteiger partial charge in [-0.3, -0.25) is 19.2 Å². The molecule has 2 aliphatic rings. The van der Waals surface area contributed by atoms with Crippen LogP contribution in [0.1, 0.15) is 62.5 Å². The van der Waals surface area contributed by atoms with Crippen molar-refractivity contribution in [2.45, 2.75) is 65.2 Å². The van der Waals surface area contributed by atoms with Crippen molar-refractivity contribution in [3.05, 3.63) is 89.3 Å². The first-order valence-electron chi connectivity index (χ1n) is 17.7. The van der Waals surface area contributed by atoms with Crippen LogP contribution in [0.15, 0.2) is 78.2 Å². The lowest BCUT2D eigenvalue weighted by Crippen LogP contribution is -2.30. The Hall–Kier alpha value is -4.87. The van der Waals surface area contributed by atoms with Crippen LogP contribution in [0.2, 0.25) is 0 Å². The number of carbonyl (C=O) groups excluding carboxylic acids is 4. The van der Waals surface area contributed by atoms with E-state index in [1.165, 1.54) is 22.7 Å². The predicted molar refractivity (Wildman–Crippen MR) is 199 cm³/mol. The standard InChI is InChI=1S/C41H39NO8S2/c1-24-5-17-30(18-6-24)47-38(43)26-9-13-28(14-10-26)40(45)49-32-21-22-33(36-35(32)42-37(52-36)34-4-3-23-51-34)50-41(46)29-15-11-27(12-16-29)39(44)48-31-19-7-25(2)8-20-31/h3-8,17-23,26-29H,9-16H2,1-2H3. The molecular formula is C41H39NO8S2. The van der Waals surface area contributed by atoms with Crippen molar-refractivity contribution in [2.75, 3.05) is 0 Å². The summed E-state index contributed by atoms with van der Waals surface area (Å²) in [4.78, 5) is 58.2. The summed E-state index contributed by atoms with van der Waals surface area (Å²) in [5, 5.41) is 2.69. The maximum absolute atomic E-state index is 13.4. The highest BCUT2D eigenvalue weighted by atomic mass is 32.1. The number of fused-ring (bicyclic) bond motifs is 1. The van der Waals surface area contributed by atoms with Crippen molar-refractivity contribution in [1.82, 2.24) is 4.98 Å². The number of carbonyl (C=O) groups is 4. The van der Waals surface area contributed by atoms with Gasteiger partial charge in [-0.05, 0) is 113 Å². The van der Waals surface area contributed by atoms with Gasteiger partial charge >= 0.3 is 23.9 Å². The minimum absolute atomic E-state index is 0.275. The van der Waals surface area contributed by atoms with Gasteiger partial charge in [0, 0.05) is 0 Å². The lowest BCUT2D eigenvalue weighted by molar-refractivity contribution is -0.145. The smallest absolute Gasteiger partial charge is 0.314 e. The SMILES string of the molecule is Cc1ccc(OC(=O)C2CCC(C(=O)Oc3ccc(OC(=O)C4CCC(C(=O)Oc5ccc(C)cc5)CC4)c4sc(-c5cccs5)nc34)CC2)cc1. The molecule has 52 heavy (non-hydrogen) atoms. The zero-order chi connectivity index (χ0) is 36.2. The maximum Gasteiger partial charge on any atom is 0.314 e. The molecule has 2 saturated carbocycles. The monoisotopic (exact) mass is 737 g/mol. The van der Waals surface area contributed by atoms with Gasteiger partial charge in [0.15, 0.2) is 11.5 Å². The largest absolute Gasteiger partial charge is 0.426 e. The summed E-state index contributed by atoms with van der Waals surface area (Å²) in [6.07, 6.45) is 4.18. The van der Waals surface area contributed by atoms with Crippen LogP contribution in [-0.2, 0) is 19.2 Å². The molecule has 2 fully saturated rings. The van der Waals surface area contributed by atoms with Crippen LogP contribution in [0.5, 0.6) is 23.0 Å². The quantitative estimate of drug-likeness (QED) is 0.108. The number of benzene rings is 3. The molecule has 9 nitrogen and oxygen atoms in total. The molecule has 7 rings (SSSR count). The summed E-state index contributed by atoms with van der Waals surface area (Å²) >= 11 is 2.92. The molecule has 5 aromatic rings. The van der Waals surface area contributed by atoms with Crippen LogP contribution in [0.25, 0.3) is 20.1 Å². The minimum atomic E-state index is -0.375. The van der Waals surface area contributed by atoms with E-state index in [1.54, 1.807) is 36.4 Å². The number of aryl methyl sites for hydroxylation is 2. The number of aromatic nitrogens is 1. The molecule has 0 N–H and O–H groups in total. The Kier molecular flexibility index (Phi) is 10.8. The number of rotatable bonds is 9. The van der Waals surface area contributed by atoms with Crippen LogP contribution < -0.4 is 18.9 Å². The first kappa shape index (κ1) is 35.5. The van der Waals surface area contributed by atoms with Crippen LogP contribution >= 0.6 is 22.7 Å². The fraction of sp³-hybridized carbons (Fsp3) is 0.341. The molecule has 2 heterocycles. The molecule has 3 aromatic carbocycles. The zero-order valence-corrected chi connectivity index (χ0v) is 30.6. The molecule has 0 unspecified atom stereocenters. The maximum atomic E-state index is 13.4. The predicted octanol–water partition coefficient (Wildman–Crippen LogP) is 9.28. The topological polar surface area (TPSA) is 118 Å². The van der Waals surface area contributed by atoms with Crippen LogP contribution in [0.3, 0.4) is 0 Å². The van der Waals surface area contributed by atoms with Crippen LogP contribution in [0.4, 0.5) is 0 Å². The number of esters is 4. The summed E-state index contributed by atoms with van der Waals surface area (Å²) in [7, 11) is 0. The molecule has 0 aliphatic heterocycles. The zero-order valence-electron chi connectivity index (χ0n) is 29.0. The van der Waals surface area contributed by atoms with E-state index in [0.717, 1.165) is 21.0 Å². The Morgan fingerprint density at radius 2 is 0.981 bits per heavy atom. The Balaban J connectivity index is 0.986. The highest BCUT2D eigenvalue weighted by molar-refractivity contribution is 7.25. The van der Waals surface area contributed by atoms with Crippen LogP contribution in [0, 0.1) is 37.5 Å². The summed E-state index contributed by atoms with van der Waals surface area (Å²) in [5.41, 5.74) is 2.62. The van der Waals surface area contributed by atoms with E-state index < -0.39 is 0 Å². The van der Waals surface area contributed by atoms with E-state index in [2.05, 4.69) is 0 Å². The fourth-order valence-corrected chi connectivity index (χ4v) is 8.58. The third-order valence-corrected chi connectivity index (χ3v) is 12.0. The van der Waals surface area contributed by atoms with Gasteiger partial charge in [-0.1, -0.05) is 41.5 Å². The van der Waals surface area contributed by atoms with Gasteiger partial charge in [-0.15, -0.1) is 22.7 Å². The summed E-state index contributed by atoms with van der Waals surface area (Å²) in [6, 6.07) is 21.9. The molecule has 11 heteroatoms. The van der Waals surface area contributed by atoms with Gasteiger partial charge in [-0.25, -0.2) is 4.98 Å². The average molecular weight is 738 g/mol. The van der Waals surface area contributed by atoms with Gasteiger partial charge < -0.3 is 18.9 Å². The third kappa shape index (κ3) is 8.26. The molecule has 0 saturated heterocycles. The van der Waals surface area contributed by atoms with Gasteiger partial charge in [0.25, 0.3) is 0 Å². The number of thiazole rings is 1. The summed E-state index contributed by atoms with van der Waals surface area (Å²) in [5.74, 6) is -0.874. The minimum Gasteiger partial charge on any atom is -0.426 e. The number of ether oxygens (including phenoxy) is 4. The van der Waals surface area contributed by atoms with Gasteiger partial charge in [0.1, 0.15) is 26.7 Å². The normalized spacial score (nSPS) is 20.2. The molecule has 0 radical (unpaired) electrons. The second-order valence-corrected chi connectivity index (χ2v) is 15.6. The molecule has 0 bridgehead atoms. The van der Waals surface area contributed by atoms with E-state index in [4.69, 9.17) is 23.9 Å². The van der Waals surface area contributed by atoms with E-state index in [1.807, 2.05) is 55.6 Å². The van der Waals surface area contributed by atoms with Crippen molar-refractivity contribution >= 4 is 56.8 Å². The van der Waals surface area contributed by atoms with E-state index in [-0.39, 0.29) is 47.5 Å². The van der Waals surface area contributed by atoms with Crippen molar-refractivity contribution in [3.63, 3.8) is 0 Å². The van der Waals surface area contributed by atoms with Gasteiger partial charge in [-0.2, -0.15) is 0 Å². The highest BCUT2D eigenvalue weighted by Crippen LogP contribution is 2.43. The molecule has 2 aliphatic carbocycles. The molecule has 0 amide bonds. The van der Waals surface area contributed by atoms with Gasteiger partial charge in [0.05, 0.1) is 28.5 Å². The number of hydrogen-bond donors (Lipinski definition) is 0. The molecule has 0 atom stereocenters. The summed E-state index contributed by atoms with van der Waals surface area (Å²) in [6.45, 7) is 3.95. The van der Waals surface area contributed by atoms with Crippen molar-refractivity contribution < 1.29 is 38.1 Å². The molecule has 0 spiro atoms. The lowest BCUT2D eigenvalue weighted by Gasteiger charge is -2.26. The first-order chi connectivity index (χ1) is 25.2. The van der Waals surface area contributed by atoms with Crippen molar-refractivity contribution in [1.29, 1.82) is 0 Å². The Labute approximate surface area is 309 Å². The third-order valence-electron chi connectivity index (χ3n) is 9.89. The van der Waals surface area contributed by atoms with Crippen LogP contribution in [-0.4, -0.2) is 28.9 Å². The van der Waals surface area contributed by atoms with Crippen molar-refractivity contribution in [2.24, 2.45) is 23.7 Å². The Morgan fingerprint density at radius 3 is 1.42 bits per heavy atom. The highest BCUT2D eigenvalue weighted by Gasteiger charge is 2.34. The second kappa shape index (κ2) is 15.8. The first-order valence-corrected chi connectivity index (χ1v) is 19.4. The molecule has 2 aromatic heterocycles. The fourth-order valence-electron chi connectivity index (χ4n) is 6.75. The second-order valence-electron chi connectivity index (χ2n) is 13.6. The van der Waals surface area contributed by atoms with E-state index in [9.17, 15) is 19.2 Å². The Bertz CT molecular complexity index is 1920. The summed E-state index contributed by atoms with van der Waals surface area (Å²) < 4.78 is 23.7. The number of nitrogens with zero attached hydrogens (tertiary/aromatic N) is 1. The van der Waals surface area contributed by atoms with E-state index >= 15 is 0 Å². The number of hydrogen-bond acceptors (Lipinski definition) is 11. The van der Waals surface area contributed by atoms with Crippen molar-refractivity contribution in [3.8, 4) is 32.9 Å².